The molecule has 1 aliphatic heterocycles. The van der Waals surface area contributed by atoms with Crippen LogP contribution in [0.25, 0.3) is 11.0 Å². The van der Waals surface area contributed by atoms with E-state index < -0.39 is 5.60 Å². The summed E-state index contributed by atoms with van der Waals surface area (Å²) >= 11 is 0. The third kappa shape index (κ3) is 5.13. The number of morpholine rings is 1. The Hall–Kier alpha value is -2.55. The Kier molecular flexibility index (Phi) is 5.99. The van der Waals surface area contributed by atoms with Crippen molar-refractivity contribution in [3.05, 3.63) is 12.1 Å². The second-order valence-corrected chi connectivity index (χ2v) is 8.91. The highest BCUT2D eigenvalue weighted by Crippen LogP contribution is 2.33. The number of amides is 1. The van der Waals surface area contributed by atoms with E-state index in [-0.39, 0.29) is 18.2 Å². The Morgan fingerprint density at radius 1 is 1.13 bits per heavy atom. The number of alkyl carbamates (subject to hydrolysis) is 1. The van der Waals surface area contributed by atoms with Crippen molar-refractivity contribution in [3.63, 3.8) is 0 Å². The van der Waals surface area contributed by atoms with Crippen molar-refractivity contribution in [2.75, 3.05) is 31.2 Å². The van der Waals surface area contributed by atoms with E-state index in [1.807, 2.05) is 32.9 Å². The molecule has 9 heteroatoms. The van der Waals surface area contributed by atoms with Gasteiger partial charge < -0.3 is 24.4 Å². The first-order valence-electron chi connectivity index (χ1n) is 10.6. The van der Waals surface area contributed by atoms with Gasteiger partial charge in [0.25, 0.3) is 0 Å². The number of nitrogens with zero attached hydrogens (tertiary/aromatic N) is 3. The van der Waals surface area contributed by atoms with Crippen LogP contribution in [0.5, 0.6) is 5.75 Å². The second-order valence-electron chi connectivity index (χ2n) is 8.91. The van der Waals surface area contributed by atoms with E-state index in [0.29, 0.717) is 30.0 Å². The quantitative estimate of drug-likeness (QED) is 0.808. The van der Waals surface area contributed by atoms with E-state index in [0.717, 1.165) is 44.5 Å². The number of rotatable bonds is 4. The van der Waals surface area contributed by atoms with Gasteiger partial charge in [0, 0.05) is 30.9 Å². The summed E-state index contributed by atoms with van der Waals surface area (Å²) in [5.41, 5.74) is 1.87. The molecule has 1 saturated heterocycles. The Bertz CT molecular complexity index is 864. The zero-order valence-corrected chi connectivity index (χ0v) is 17.8. The third-order valence-electron chi connectivity index (χ3n) is 5.38. The average Bonchev–Trinajstić information content (AvgIpc) is 3.18. The van der Waals surface area contributed by atoms with Gasteiger partial charge in [-0.1, -0.05) is 0 Å². The van der Waals surface area contributed by atoms with Gasteiger partial charge in [0.1, 0.15) is 11.1 Å². The van der Waals surface area contributed by atoms with Crippen LogP contribution in [0.2, 0.25) is 0 Å². The molecular formula is C21H30N4O5. The molecule has 0 bridgehead atoms. The number of nitrogens with one attached hydrogen (secondary N) is 1. The average molecular weight is 418 g/mol. The normalized spacial score (nSPS) is 22.7. The largest absolute Gasteiger partial charge is 0.488 e. The molecule has 1 amide bonds. The number of fused-ring (bicyclic) bond motifs is 1. The number of hydrogen-bond acceptors (Lipinski definition) is 8. The number of hydrogen-bond donors (Lipinski definition) is 1. The van der Waals surface area contributed by atoms with Gasteiger partial charge in [-0.2, -0.15) is 0 Å². The van der Waals surface area contributed by atoms with E-state index in [2.05, 4.69) is 20.5 Å². The third-order valence-corrected chi connectivity index (χ3v) is 5.38. The van der Waals surface area contributed by atoms with Crippen LogP contribution < -0.4 is 15.0 Å². The molecule has 9 nitrogen and oxygen atoms in total. The summed E-state index contributed by atoms with van der Waals surface area (Å²) in [6.45, 7) is 8.67. The maximum absolute atomic E-state index is 12.0. The summed E-state index contributed by atoms with van der Waals surface area (Å²) in [5.74, 6) is 0.693. The number of benzene rings is 1. The molecule has 164 valence electrons. The molecule has 0 spiro atoms. The van der Waals surface area contributed by atoms with Crippen LogP contribution in [0.15, 0.2) is 16.8 Å². The van der Waals surface area contributed by atoms with Crippen LogP contribution >= 0.6 is 0 Å². The van der Waals surface area contributed by atoms with Crippen LogP contribution in [0.1, 0.15) is 46.5 Å². The van der Waals surface area contributed by atoms with Gasteiger partial charge in [0.2, 0.25) is 0 Å². The summed E-state index contributed by atoms with van der Waals surface area (Å²) in [6.07, 6.45) is 3.06. The lowest BCUT2D eigenvalue weighted by Gasteiger charge is -2.31. The summed E-state index contributed by atoms with van der Waals surface area (Å²) < 4.78 is 22.1. The minimum absolute atomic E-state index is 0.0570. The molecule has 1 N–H and O–H groups in total. The van der Waals surface area contributed by atoms with Crippen LogP contribution in [0, 0.1) is 0 Å². The molecule has 2 heterocycles. The molecular weight excluding hydrogens is 388 g/mol. The Balaban J connectivity index is 1.38. The fourth-order valence-corrected chi connectivity index (χ4v) is 3.92. The van der Waals surface area contributed by atoms with Gasteiger partial charge in [0.05, 0.1) is 19.3 Å². The smallest absolute Gasteiger partial charge is 0.407 e. The Morgan fingerprint density at radius 3 is 2.57 bits per heavy atom. The fourth-order valence-electron chi connectivity index (χ4n) is 3.92. The molecule has 4 rings (SSSR count). The molecule has 1 aromatic heterocycles. The first kappa shape index (κ1) is 20.7. The molecule has 1 aromatic carbocycles. The molecule has 0 radical (unpaired) electrons. The summed E-state index contributed by atoms with van der Waals surface area (Å²) in [4.78, 5) is 14.3. The van der Waals surface area contributed by atoms with Crippen LogP contribution in [-0.4, -0.2) is 60.5 Å². The van der Waals surface area contributed by atoms with Crippen LogP contribution in [0.4, 0.5) is 10.5 Å². The lowest BCUT2D eigenvalue weighted by Crippen LogP contribution is -2.42. The first-order valence-corrected chi connectivity index (χ1v) is 10.6. The van der Waals surface area contributed by atoms with Gasteiger partial charge >= 0.3 is 6.09 Å². The van der Waals surface area contributed by atoms with Crippen molar-refractivity contribution in [2.24, 2.45) is 0 Å². The maximum Gasteiger partial charge on any atom is 0.407 e. The molecule has 30 heavy (non-hydrogen) atoms. The van der Waals surface area contributed by atoms with Crippen molar-refractivity contribution >= 4 is 22.8 Å². The van der Waals surface area contributed by atoms with E-state index in [4.69, 9.17) is 18.8 Å². The summed E-state index contributed by atoms with van der Waals surface area (Å²) in [7, 11) is 0. The Labute approximate surface area is 176 Å². The molecule has 2 aromatic rings. The highest BCUT2D eigenvalue weighted by Gasteiger charge is 2.27. The van der Waals surface area contributed by atoms with Crippen molar-refractivity contribution in [3.8, 4) is 5.75 Å². The highest BCUT2D eigenvalue weighted by atomic mass is 16.6. The van der Waals surface area contributed by atoms with Crippen LogP contribution in [-0.2, 0) is 9.47 Å². The van der Waals surface area contributed by atoms with Crippen molar-refractivity contribution in [1.82, 2.24) is 15.6 Å². The predicted molar refractivity (Wildman–Crippen MR) is 111 cm³/mol. The molecule has 1 aliphatic carbocycles. The second kappa shape index (κ2) is 8.67. The lowest BCUT2D eigenvalue weighted by molar-refractivity contribution is 0.0471. The zero-order valence-electron chi connectivity index (χ0n) is 17.8. The van der Waals surface area contributed by atoms with Gasteiger partial charge in [-0.25, -0.2) is 9.42 Å². The highest BCUT2D eigenvalue weighted by molar-refractivity contribution is 5.84. The topological polar surface area (TPSA) is 99.0 Å². The van der Waals surface area contributed by atoms with Crippen molar-refractivity contribution < 1.29 is 23.6 Å². The molecule has 2 aliphatic rings. The molecule has 0 unspecified atom stereocenters. The van der Waals surface area contributed by atoms with E-state index in [1.54, 1.807) is 0 Å². The van der Waals surface area contributed by atoms with E-state index in [1.165, 1.54) is 0 Å². The first-order chi connectivity index (χ1) is 14.4. The summed E-state index contributed by atoms with van der Waals surface area (Å²) in [6, 6.07) is 4.10. The number of ether oxygens (including phenoxy) is 3. The molecule has 2 fully saturated rings. The van der Waals surface area contributed by atoms with Crippen LogP contribution in [0.3, 0.4) is 0 Å². The van der Waals surface area contributed by atoms with Gasteiger partial charge in [-0.15, -0.1) is 0 Å². The fraction of sp³-hybridized carbons (Fsp3) is 0.667. The minimum Gasteiger partial charge on any atom is -0.488 e. The zero-order chi connectivity index (χ0) is 21.1. The maximum atomic E-state index is 12.0. The molecule has 0 atom stereocenters. The minimum atomic E-state index is -0.493. The lowest BCUT2D eigenvalue weighted by atomic mass is 9.93. The van der Waals surface area contributed by atoms with Crippen molar-refractivity contribution in [2.45, 2.75) is 64.2 Å². The SMILES string of the molecule is CC(C)(C)OC(=O)NC1CCC(Oc2cc(N3CCOCC3)cc3nonc23)CC1. The number of carbonyl (C=O) groups excluding carboxylic acids is 1. The van der Waals surface area contributed by atoms with Gasteiger partial charge in [0.15, 0.2) is 11.3 Å². The van der Waals surface area contributed by atoms with Crippen molar-refractivity contribution in [1.29, 1.82) is 0 Å². The monoisotopic (exact) mass is 418 g/mol. The Morgan fingerprint density at radius 2 is 1.87 bits per heavy atom. The van der Waals surface area contributed by atoms with Gasteiger partial charge in [-0.3, -0.25) is 0 Å². The summed E-state index contributed by atoms with van der Waals surface area (Å²) in [5, 5.41) is 11.0. The predicted octanol–water partition coefficient (Wildman–Crippen LogP) is 3.27. The van der Waals surface area contributed by atoms with Gasteiger partial charge in [-0.05, 0) is 62.8 Å². The molecule has 1 saturated carbocycles. The van der Waals surface area contributed by atoms with E-state index in [9.17, 15) is 4.79 Å². The number of carbonyl (C=O) groups is 1. The standard InChI is InChI=1S/C21H30N4O5/c1-21(2,3)29-20(26)22-14-4-6-16(7-5-14)28-18-13-15(25-8-10-27-11-9-25)12-17-19(18)24-30-23-17/h12-14,16H,4-11H2,1-3H3,(H,22,26). The number of anilines is 1. The van der Waals surface area contributed by atoms with E-state index >= 15 is 0 Å². The number of aromatic nitrogens is 2.